The molecule has 4 nitrogen and oxygen atoms in total. The molecule has 0 heterocycles. The van der Waals surface area contributed by atoms with Crippen molar-refractivity contribution in [2.75, 3.05) is 0 Å². The highest BCUT2D eigenvalue weighted by Gasteiger charge is 2.40. The van der Waals surface area contributed by atoms with E-state index in [1.807, 2.05) is 24.3 Å². The normalized spacial score (nSPS) is 21.2. The van der Waals surface area contributed by atoms with Crippen LogP contribution in [0.2, 0.25) is 0 Å². The molecule has 2 N–H and O–H groups in total. The van der Waals surface area contributed by atoms with Gasteiger partial charge < -0.3 is 10.2 Å². The molecule has 0 amide bonds. The van der Waals surface area contributed by atoms with Crippen LogP contribution >= 0.6 is 0 Å². The Morgan fingerprint density at radius 1 is 1.00 bits per heavy atom. The van der Waals surface area contributed by atoms with Gasteiger partial charge in [0.15, 0.2) is 0 Å². The first-order valence-corrected chi connectivity index (χ1v) is 10.5. The summed E-state index contributed by atoms with van der Waals surface area (Å²) in [7, 11) is 0. The highest BCUT2D eigenvalue weighted by atomic mass is 16.4. The summed E-state index contributed by atoms with van der Waals surface area (Å²) in [6.07, 6.45) is 2.58. The van der Waals surface area contributed by atoms with E-state index < -0.39 is 12.1 Å². The number of carboxylic acid groups (broad SMARTS) is 1. The van der Waals surface area contributed by atoms with Gasteiger partial charge in [0.2, 0.25) is 0 Å². The van der Waals surface area contributed by atoms with Crippen molar-refractivity contribution in [3.05, 3.63) is 83.4 Å². The van der Waals surface area contributed by atoms with Gasteiger partial charge in [0.1, 0.15) is 5.78 Å². The minimum absolute atomic E-state index is 0.0564. The summed E-state index contributed by atoms with van der Waals surface area (Å²) in [6.45, 7) is 0. The number of fused-ring (bicyclic) bond motifs is 1. The van der Waals surface area contributed by atoms with Gasteiger partial charge in [-0.2, -0.15) is 0 Å². The van der Waals surface area contributed by atoms with Crippen molar-refractivity contribution in [3.8, 4) is 0 Å². The van der Waals surface area contributed by atoms with Gasteiger partial charge in [0.05, 0.1) is 11.7 Å². The lowest BCUT2D eigenvalue weighted by molar-refractivity contribution is -0.121. The molecule has 154 valence electrons. The molecule has 1 aliphatic rings. The van der Waals surface area contributed by atoms with Crippen LogP contribution in [0.4, 0.5) is 0 Å². The zero-order chi connectivity index (χ0) is 21.1. The fourth-order valence-corrected chi connectivity index (χ4v) is 4.78. The van der Waals surface area contributed by atoms with Crippen LogP contribution in [-0.2, 0) is 17.6 Å². The minimum atomic E-state index is -0.927. The van der Waals surface area contributed by atoms with Crippen molar-refractivity contribution >= 4 is 22.5 Å². The molecule has 1 aliphatic carbocycles. The predicted molar refractivity (Wildman–Crippen MR) is 117 cm³/mol. The zero-order valence-electron chi connectivity index (χ0n) is 16.8. The zero-order valence-corrected chi connectivity index (χ0v) is 16.8. The maximum atomic E-state index is 12.7. The molecule has 0 radical (unpaired) electrons. The lowest BCUT2D eigenvalue weighted by atomic mass is 9.83. The SMILES string of the molecule is O=C(O)c1cccc(CCC[C@H]2C(O)CC(=O)C2Cc2cccc3ccccc23)c1. The van der Waals surface area contributed by atoms with Gasteiger partial charge >= 0.3 is 5.97 Å². The molecule has 0 saturated heterocycles. The van der Waals surface area contributed by atoms with E-state index in [9.17, 15) is 14.7 Å². The molecule has 0 bridgehead atoms. The summed E-state index contributed by atoms with van der Waals surface area (Å²) in [6, 6.07) is 21.3. The van der Waals surface area contributed by atoms with E-state index in [0.717, 1.165) is 35.8 Å². The number of carboxylic acids is 1. The number of hydrogen-bond donors (Lipinski definition) is 2. The second-order valence-electron chi connectivity index (χ2n) is 8.25. The Balaban J connectivity index is 1.46. The van der Waals surface area contributed by atoms with Gasteiger partial charge in [-0.15, -0.1) is 0 Å². The molecule has 4 rings (SSSR count). The largest absolute Gasteiger partial charge is 0.478 e. The first kappa shape index (κ1) is 20.3. The standard InChI is InChI=1S/C26H26O4/c27-24-16-25(28)23(15-19-10-5-9-18-8-1-2-12-21(18)19)22(24)13-4-7-17-6-3-11-20(14-17)26(29)30/h1-3,5-6,8-12,14,22-24,27H,4,7,13,15-16H2,(H,29,30)/t22-,23?,24?/m1/s1. The average Bonchev–Trinajstić information content (AvgIpc) is 3.01. The van der Waals surface area contributed by atoms with E-state index in [0.29, 0.717) is 6.42 Å². The van der Waals surface area contributed by atoms with Crippen molar-refractivity contribution in [3.63, 3.8) is 0 Å². The van der Waals surface area contributed by atoms with Crippen LogP contribution in [0.15, 0.2) is 66.7 Å². The molecule has 3 atom stereocenters. The van der Waals surface area contributed by atoms with Crippen LogP contribution in [0.3, 0.4) is 0 Å². The van der Waals surface area contributed by atoms with Crippen molar-refractivity contribution in [1.82, 2.24) is 0 Å². The van der Waals surface area contributed by atoms with E-state index in [4.69, 9.17) is 5.11 Å². The van der Waals surface area contributed by atoms with Gasteiger partial charge in [0.25, 0.3) is 0 Å². The quantitative estimate of drug-likeness (QED) is 0.602. The lowest BCUT2D eigenvalue weighted by Crippen LogP contribution is -2.23. The number of aryl methyl sites for hydroxylation is 1. The Bertz CT molecular complexity index is 1070. The molecular weight excluding hydrogens is 376 g/mol. The molecule has 4 heteroatoms. The number of aromatic carboxylic acids is 1. The summed E-state index contributed by atoms with van der Waals surface area (Å²) in [5, 5.41) is 22.0. The Morgan fingerprint density at radius 3 is 2.60 bits per heavy atom. The van der Waals surface area contributed by atoms with Gasteiger partial charge in [-0.05, 0) is 65.6 Å². The number of rotatable bonds is 7. The average molecular weight is 402 g/mol. The van der Waals surface area contributed by atoms with E-state index in [1.165, 1.54) is 5.39 Å². The number of hydrogen-bond acceptors (Lipinski definition) is 3. The molecule has 2 unspecified atom stereocenters. The molecule has 0 spiro atoms. The Labute approximate surface area is 176 Å². The van der Waals surface area contributed by atoms with E-state index >= 15 is 0 Å². The first-order chi connectivity index (χ1) is 14.5. The first-order valence-electron chi connectivity index (χ1n) is 10.5. The van der Waals surface area contributed by atoms with Crippen molar-refractivity contribution < 1.29 is 19.8 Å². The van der Waals surface area contributed by atoms with Crippen LogP contribution in [0.1, 0.15) is 40.7 Å². The number of aliphatic hydroxyl groups is 1. The van der Waals surface area contributed by atoms with Gasteiger partial charge in [-0.3, -0.25) is 4.79 Å². The topological polar surface area (TPSA) is 74.6 Å². The highest BCUT2D eigenvalue weighted by molar-refractivity contribution is 5.88. The summed E-state index contributed by atoms with van der Waals surface area (Å²) in [5.74, 6) is -1.01. The van der Waals surface area contributed by atoms with Crippen LogP contribution in [0.5, 0.6) is 0 Å². The molecule has 1 saturated carbocycles. The lowest BCUT2D eigenvalue weighted by Gasteiger charge is -2.21. The van der Waals surface area contributed by atoms with E-state index in [2.05, 4.69) is 24.3 Å². The van der Waals surface area contributed by atoms with Crippen LogP contribution < -0.4 is 0 Å². The summed E-state index contributed by atoms with van der Waals surface area (Å²) in [4.78, 5) is 23.8. The third-order valence-corrected chi connectivity index (χ3v) is 6.33. The van der Waals surface area contributed by atoms with E-state index in [-0.39, 0.29) is 29.6 Å². The van der Waals surface area contributed by atoms with Crippen LogP contribution in [-0.4, -0.2) is 28.1 Å². The van der Waals surface area contributed by atoms with Gasteiger partial charge in [0, 0.05) is 12.3 Å². The summed E-state index contributed by atoms with van der Waals surface area (Å²) in [5.41, 5.74) is 2.41. The molecule has 30 heavy (non-hydrogen) atoms. The molecule has 1 fully saturated rings. The van der Waals surface area contributed by atoms with Crippen molar-refractivity contribution in [1.29, 1.82) is 0 Å². The molecule has 3 aromatic carbocycles. The van der Waals surface area contributed by atoms with Crippen molar-refractivity contribution in [2.45, 2.75) is 38.2 Å². The molecule has 3 aromatic rings. The number of ketones is 1. The summed E-state index contributed by atoms with van der Waals surface area (Å²) < 4.78 is 0. The van der Waals surface area contributed by atoms with E-state index in [1.54, 1.807) is 18.2 Å². The fourth-order valence-electron chi connectivity index (χ4n) is 4.78. The second-order valence-corrected chi connectivity index (χ2v) is 8.25. The van der Waals surface area contributed by atoms with Crippen molar-refractivity contribution in [2.24, 2.45) is 11.8 Å². The molecular formula is C26H26O4. The number of carbonyl (C=O) groups is 2. The summed E-state index contributed by atoms with van der Waals surface area (Å²) >= 11 is 0. The van der Waals surface area contributed by atoms with Gasteiger partial charge in [-0.1, -0.05) is 54.6 Å². The third kappa shape index (κ3) is 4.29. The monoisotopic (exact) mass is 402 g/mol. The maximum absolute atomic E-state index is 12.7. The molecule has 0 aliphatic heterocycles. The number of Topliss-reactive ketones (excluding diaryl/α,β-unsaturated/α-hetero) is 1. The Morgan fingerprint density at radius 2 is 1.77 bits per heavy atom. The molecule has 0 aromatic heterocycles. The Hall–Kier alpha value is -2.98. The highest BCUT2D eigenvalue weighted by Crippen LogP contribution is 2.36. The fraction of sp³-hybridized carbons (Fsp3) is 0.308. The smallest absolute Gasteiger partial charge is 0.335 e. The minimum Gasteiger partial charge on any atom is -0.478 e. The predicted octanol–water partition coefficient (Wildman–Crippen LogP) is 4.67. The second kappa shape index (κ2) is 8.80. The Kier molecular flexibility index (Phi) is 5.96. The number of benzene rings is 3. The third-order valence-electron chi connectivity index (χ3n) is 6.33. The number of carbonyl (C=O) groups excluding carboxylic acids is 1. The van der Waals surface area contributed by atoms with Crippen LogP contribution in [0.25, 0.3) is 10.8 Å². The number of aliphatic hydroxyl groups excluding tert-OH is 1. The maximum Gasteiger partial charge on any atom is 0.335 e. The van der Waals surface area contributed by atoms with Crippen LogP contribution in [0, 0.1) is 11.8 Å². The van der Waals surface area contributed by atoms with Gasteiger partial charge in [-0.25, -0.2) is 4.79 Å².